The lowest BCUT2D eigenvalue weighted by Crippen LogP contribution is -2.36. The van der Waals surface area contributed by atoms with Gasteiger partial charge in [-0.2, -0.15) is 4.98 Å². The minimum atomic E-state index is -0.341. The van der Waals surface area contributed by atoms with E-state index in [0.29, 0.717) is 18.4 Å². The van der Waals surface area contributed by atoms with E-state index in [1.54, 1.807) is 0 Å². The molecule has 0 aromatic carbocycles. The van der Waals surface area contributed by atoms with Crippen LogP contribution in [0.2, 0.25) is 0 Å². The minimum absolute atomic E-state index is 0.228. The van der Waals surface area contributed by atoms with Crippen LogP contribution in [0.15, 0.2) is 4.52 Å². The summed E-state index contributed by atoms with van der Waals surface area (Å²) in [5.41, 5.74) is -0.341. The molecule has 1 aromatic rings. The van der Waals surface area contributed by atoms with Crippen molar-refractivity contribution in [2.45, 2.75) is 64.9 Å². The summed E-state index contributed by atoms with van der Waals surface area (Å²) in [6, 6.07) is 0. The van der Waals surface area contributed by atoms with Crippen LogP contribution < -0.4 is 5.32 Å². The van der Waals surface area contributed by atoms with Crippen molar-refractivity contribution in [3.63, 3.8) is 0 Å². The summed E-state index contributed by atoms with van der Waals surface area (Å²) in [5, 5.41) is 7.57. The van der Waals surface area contributed by atoms with Crippen LogP contribution in [0.25, 0.3) is 0 Å². The van der Waals surface area contributed by atoms with Crippen LogP contribution in [0.4, 0.5) is 0 Å². The van der Waals surface area contributed by atoms with Crippen molar-refractivity contribution in [3.8, 4) is 0 Å². The molecule has 1 saturated carbocycles. The number of ether oxygens (including phenoxy) is 1. The van der Waals surface area contributed by atoms with E-state index >= 15 is 0 Å². The third-order valence-corrected chi connectivity index (χ3v) is 4.35. The second-order valence-corrected chi connectivity index (χ2v) is 6.29. The number of nitrogens with one attached hydrogen (secondary N) is 1. The summed E-state index contributed by atoms with van der Waals surface area (Å²) in [6.45, 7) is 11.0. The first kappa shape index (κ1) is 16.4. The SMILES string of the molecule is CCNCC(C)c1nc(C2(OCC)CCCC(C)C2)no1. The molecule has 3 atom stereocenters. The smallest absolute Gasteiger partial charge is 0.230 e. The van der Waals surface area contributed by atoms with Crippen molar-refractivity contribution >= 4 is 0 Å². The van der Waals surface area contributed by atoms with Crippen molar-refractivity contribution in [1.82, 2.24) is 15.5 Å². The van der Waals surface area contributed by atoms with Gasteiger partial charge in [-0.05, 0) is 38.6 Å². The molecule has 0 saturated heterocycles. The third-order valence-electron chi connectivity index (χ3n) is 4.35. The molecule has 3 unspecified atom stereocenters. The van der Waals surface area contributed by atoms with Crippen LogP contribution in [0.5, 0.6) is 0 Å². The second-order valence-electron chi connectivity index (χ2n) is 6.29. The van der Waals surface area contributed by atoms with Crippen LogP contribution in [0, 0.1) is 5.92 Å². The molecule has 1 heterocycles. The maximum atomic E-state index is 6.10. The molecule has 120 valence electrons. The van der Waals surface area contributed by atoms with E-state index in [4.69, 9.17) is 9.26 Å². The van der Waals surface area contributed by atoms with Gasteiger partial charge < -0.3 is 14.6 Å². The van der Waals surface area contributed by atoms with Crippen LogP contribution in [0.3, 0.4) is 0 Å². The fraction of sp³-hybridized carbons (Fsp3) is 0.875. The lowest BCUT2D eigenvalue weighted by Gasteiger charge is -2.37. The van der Waals surface area contributed by atoms with Gasteiger partial charge in [-0.3, -0.25) is 0 Å². The van der Waals surface area contributed by atoms with E-state index in [0.717, 1.165) is 38.2 Å². The van der Waals surface area contributed by atoms with Gasteiger partial charge >= 0.3 is 0 Å². The lowest BCUT2D eigenvalue weighted by atomic mass is 9.78. The van der Waals surface area contributed by atoms with Gasteiger partial charge in [0.2, 0.25) is 11.7 Å². The molecule has 1 N–H and O–H groups in total. The standard InChI is InChI=1S/C16H29N3O2/c1-5-17-11-13(4)14-18-15(19-21-14)16(20-6-2)9-7-8-12(3)10-16/h12-13,17H,5-11H2,1-4H3. The summed E-state index contributed by atoms with van der Waals surface area (Å²) in [7, 11) is 0. The molecule has 1 fully saturated rings. The fourth-order valence-electron chi connectivity index (χ4n) is 3.25. The first-order valence-corrected chi connectivity index (χ1v) is 8.30. The zero-order valence-corrected chi connectivity index (χ0v) is 13.8. The highest BCUT2D eigenvalue weighted by Gasteiger charge is 2.41. The number of hydrogen-bond donors (Lipinski definition) is 1. The summed E-state index contributed by atoms with van der Waals surface area (Å²) in [4.78, 5) is 4.67. The Labute approximate surface area is 127 Å². The van der Waals surface area contributed by atoms with Gasteiger partial charge in [0.05, 0.1) is 0 Å². The van der Waals surface area contributed by atoms with Crippen molar-refractivity contribution in [3.05, 3.63) is 11.7 Å². The van der Waals surface area contributed by atoms with E-state index < -0.39 is 0 Å². The zero-order chi connectivity index (χ0) is 15.3. The topological polar surface area (TPSA) is 60.2 Å². The first-order valence-electron chi connectivity index (χ1n) is 8.30. The normalized spacial score (nSPS) is 27.7. The Bertz CT molecular complexity index is 431. The number of nitrogens with zero attached hydrogens (tertiary/aromatic N) is 2. The molecule has 0 bridgehead atoms. The highest BCUT2D eigenvalue weighted by molar-refractivity contribution is 5.06. The Morgan fingerprint density at radius 1 is 1.48 bits per heavy atom. The average Bonchev–Trinajstić information content (AvgIpc) is 2.95. The zero-order valence-electron chi connectivity index (χ0n) is 13.8. The molecule has 0 amide bonds. The summed E-state index contributed by atoms with van der Waals surface area (Å²) < 4.78 is 11.6. The van der Waals surface area contributed by atoms with Crippen LogP contribution in [0.1, 0.15) is 71.0 Å². The highest BCUT2D eigenvalue weighted by atomic mass is 16.5. The molecule has 5 nitrogen and oxygen atoms in total. The minimum Gasteiger partial charge on any atom is -0.367 e. The summed E-state index contributed by atoms with van der Waals surface area (Å²) >= 11 is 0. The molecule has 0 spiro atoms. The summed E-state index contributed by atoms with van der Waals surface area (Å²) in [6.07, 6.45) is 4.40. The molecule has 0 radical (unpaired) electrons. The van der Waals surface area contributed by atoms with Gasteiger partial charge in [0.15, 0.2) is 0 Å². The second kappa shape index (κ2) is 7.36. The lowest BCUT2D eigenvalue weighted by molar-refractivity contribution is -0.0891. The van der Waals surface area contributed by atoms with Gasteiger partial charge in [-0.1, -0.05) is 32.3 Å². The third kappa shape index (κ3) is 3.83. The van der Waals surface area contributed by atoms with Crippen LogP contribution in [-0.4, -0.2) is 29.8 Å². The molecule has 5 heteroatoms. The van der Waals surface area contributed by atoms with E-state index in [2.05, 4.69) is 36.2 Å². The highest BCUT2D eigenvalue weighted by Crippen LogP contribution is 2.41. The van der Waals surface area contributed by atoms with Crippen molar-refractivity contribution in [2.75, 3.05) is 19.7 Å². The van der Waals surface area contributed by atoms with E-state index in [-0.39, 0.29) is 11.5 Å². The molecule has 1 aliphatic carbocycles. The monoisotopic (exact) mass is 295 g/mol. The van der Waals surface area contributed by atoms with Gasteiger partial charge in [0.1, 0.15) is 5.60 Å². The fourth-order valence-corrected chi connectivity index (χ4v) is 3.25. The molecule has 1 aliphatic rings. The molecule has 21 heavy (non-hydrogen) atoms. The maximum Gasteiger partial charge on any atom is 0.230 e. The predicted octanol–water partition coefficient (Wildman–Crippen LogP) is 3.22. The van der Waals surface area contributed by atoms with Gasteiger partial charge in [0, 0.05) is 19.1 Å². The Hall–Kier alpha value is -0.940. The van der Waals surface area contributed by atoms with Crippen molar-refractivity contribution in [2.24, 2.45) is 5.92 Å². The Balaban J connectivity index is 2.16. The molecule has 1 aromatic heterocycles. The first-order chi connectivity index (χ1) is 10.1. The number of likely N-dealkylation sites (N-methyl/N-ethyl adjacent to an activating group) is 1. The van der Waals surface area contributed by atoms with E-state index in [1.165, 1.54) is 6.42 Å². The van der Waals surface area contributed by atoms with Gasteiger partial charge in [0.25, 0.3) is 0 Å². The average molecular weight is 295 g/mol. The molecule has 2 rings (SSSR count). The van der Waals surface area contributed by atoms with Crippen LogP contribution in [-0.2, 0) is 10.3 Å². The number of rotatable bonds is 7. The largest absolute Gasteiger partial charge is 0.367 e. The molecule has 0 aliphatic heterocycles. The predicted molar refractivity (Wildman–Crippen MR) is 82.2 cm³/mol. The van der Waals surface area contributed by atoms with Crippen molar-refractivity contribution in [1.29, 1.82) is 0 Å². The molecular formula is C16H29N3O2. The molecular weight excluding hydrogens is 266 g/mol. The maximum absolute atomic E-state index is 6.10. The number of aromatic nitrogens is 2. The van der Waals surface area contributed by atoms with Crippen LogP contribution >= 0.6 is 0 Å². The Kier molecular flexibility index (Phi) is 5.76. The van der Waals surface area contributed by atoms with Crippen molar-refractivity contribution < 1.29 is 9.26 Å². The Morgan fingerprint density at radius 2 is 2.29 bits per heavy atom. The quantitative estimate of drug-likeness (QED) is 0.837. The Morgan fingerprint density at radius 3 is 2.95 bits per heavy atom. The van der Waals surface area contributed by atoms with Gasteiger partial charge in [-0.25, -0.2) is 0 Å². The number of hydrogen-bond acceptors (Lipinski definition) is 5. The summed E-state index contributed by atoms with van der Waals surface area (Å²) in [5.74, 6) is 2.33. The van der Waals surface area contributed by atoms with E-state index in [9.17, 15) is 0 Å². The van der Waals surface area contributed by atoms with E-state index in [1.807, 2.05) is 6.92 Å². The van der Waals surface area contributed by atoms with Gasteiger partial charge in [-0.15, -0.1) is 0 Å².